The number of nitrogens with one attached hydrogen (secondary N) is 1. The molecule has 21 heavy (non-hydrogen) atoms. The minimum atomic E-state index is -0.295. The molecule has 0 bridgehead atoms. The van der Waals surface area contributed by atoms with E-state index in [4.69, 9.17) is 4.74 Å². The monoisotopic (exact) mass is 290 g/mol. The van der Waals surface area contributed by atoms with Crippen LogP contribution in [0.25, 0.3) is 0 Å². The first-order valence-electron chi connectivity index (χ1n) is 7.42. The van der Waals surface area contributed by atoms with Crippen LogP contribution in [-0.2, 0) is 20.9 Å². The summed E-state index contributed by atoms with van der Waals surface area (Å²) in [6.45, 7) is 3.80. The van der Waals surface area contributed by atoms with Crippen molar-refractivity contribution in [2.75, 3.05) is 19.6 Å². The van der Waals surface area contributed by atoms with E-state index in [1.54, 1.807) is 0 Å². The Hall–Kier alpha value is -1.88. The number of nitrogens with zero attached hydrogens (tertiary/aromatic N) is 1. The minimum Gasteiger partial charge on any atom is -0.460 e. The van der Waals surface area contributed by atoms with Gasteiger partial charge in [-0.3, -0.25) is 14.5 Å². The van der Waals surface area contributed by atoms with Crippen molar-refractivity contribution < 1.29 is 14.3 Å². The van der Waals surface area contributed by atoms with Crippen LogP contribution in [0.15, 0.2) is 30.3 Å². The lowest BCUT2D eigenvalue weighted by atomic mass is 10.2. The third-order valence-electron chi connectivity index (χ3n) is 3.58. The van der Waals surface area contributed by atoms with E-state index in [1.165, 1.54) is 0 Å². The average molecular weight is 290 g/mol. The van der Waals surface area contributed by atoms with Gasteiger partial charge in [0.15, 0.2) is 0 Å². The molecule has 5 nitrogen and oxygen atoms in total. The molecule has 1 aromatic carbocycles. The van der Waals surface area contributed by atoms with E-state index in [-0.39, 0.29) is 31.1 Å². The SMILES string of the molecule is CCNC(=O)CN1CCCC1C(=O)OCc1ccccc1. The molecule has 1 amide bonds. The second-order valence-electron chi connectivity index (χ2n) is 5.18. The van der Waals surface area contributed by atoms with Gasteiger partial charge in [-0.25, -0.2) is 0 Å². The first kappa shape index (κ1) is 15.5. The fourth-order valence-corrected chi connectivity index (χ4v) is 2.54. The normalized spacial score (nSPS) is 18.4. The molecule has 0 aromatic heterocycles. The van der Waals surface area contributed by atoms with Crippen LogP contribution >= 0.6 is 0 Å². The van der Waals surface area contributed by atoms with Crippen LogP contribution in [0.2, 0.25) is 0 Å². The number of likely N-dealkylation sites (N-methyl/N-ethyl adjacent to an activating group) is 1. The zero-order valence-corrected chi connectivity index (χ0v) is 12.4. The van der Waals surface area contributed by atoms with Gasteiger partial charge in [0.2, 0.25) is 5.91 Å². The van der Waals surface area contributed by atoms with Crippen molar-refractivity contribution in [1.29, 1.82) is 0 Å². The number of rotatable bonds is 6. The number of amides is 1. The molecule has 5 heteroatoms. The summed E-state index contributed by atoms with van der Waals surface area (Å²) in [4.78, 5) is 25.7. The molecule has 0 aliphatic carbocycles. The smallest absolute Gasteiger partial charge is 0.323 e. The Bertz CT molecular complexity index is 476. The van der Waals surface area contributed by atoms with Crippen LogP contribution in [-0.4, -0.2) is 42.5 Å². The van der Waals surface area contributed by atoms with Gasteiger partial charge in [-0.1, -0.05) is 30.3 Å². The highest BCUT2D eigenvalue weighted by atomic mass is 16.5. The molecule has 0 radical (unpaired) electrons. The quantitative estimate of drug-likeness (QED) is 0.803. The summed E-state index contributed by atoms with van der Waals surface area (Å²) in [5.74, 6) is -0.277. The molecule has 0 saturated carbocycles. The summed E-state index contributed by atoms with van der Waals surface area (Å²) in [6.07, 6.45) is 1.68. The maximum absolute atomic E-state index is 12.2. The van der Waals surface area contributed by atoms with Gasteiger partial charge in [0, 0.05) is 6.54 Å². The summed E-state index contributed by atoms with van der Waals surface area (Å²) < 4.78 is 5.37. The van der Waals surface area contributed by atoms with Crippen LogP contribution in [0.3, 0.4) is 0 Å². The molecule has 114 valence electrons. The molecule has 1 aromatic rings. The van der Waals surface area contributed by atoms with Crippen molar-refractivity contribution in [3.63, 3.8) is 0 Å². The topological polar surface area (TPSA) is 58.6 Å². The van der Waals surface area contributed by atoms with Gasteiger partial charge in [0.05, 0.1) is 6.54 Å². The Morgan fingerprint density at radius 1 is 1.33 bits per heavy atom. The summed E-state index contributed by atoms with van der Waals surface area (Å²) >= 11 is 0. The Morgan fingerprint density at radius 3 is 2.81 bits per heavy atom. The average Bonchev–Trinajstić information content (AvgIpc) is 2.94. The largest absolute Gasteiger partial charge is 0.460 e. The first-order valence-corrected chi connectivity index (χ1v) is 7.42. The predicted molar refractivity (Wildman–Crippen MR) is 79.5 cm³/mol. The predicted octanol–water partition coefficient (Wildman–Crippen LogP) is 1.33. The fraction of sp³-hybridized carbons (Fsp3) is 0.500. The highest BCUT2D eigenvalue weighted by molar-refractivity contribution is 5.80. The van der Waals surface area contributed by atoms with Crippen LogP contribution in [0, 0.1) is 0 Å². The first-order chi connectivity index (χ1) is 10.2. The van der Waals surface area contributed by atoms with Crippen molar-refractivity contribution in [3.8, 4) is 0 Å². The van der Waals surface area contributed by atoms with Gasteiger partial charge in [-0.2, -0.15) is 0 Å². The van der Waals surface area contributed by atoms with Gasteiger partial charge >= 0.3 is 5.97 Å². The Balaban J connectivity index is 1.84. The van der Waals surface area contributed by atoms with E-state index in [0.29, 0.717) is 6.54 Å². The Labute approximate surface area is 125 Å². The number of benzene rings is 1. The molecule has 0 spiro atoms. The van der Waals surface area contributed by atoms with Crippen LogP contribution in [0.1, 0.15) is 25.3 Å². The molecule has 1 fully saturated rings. The Kier molecular flexibility index (Phi) is 5.75. The molecule has 1 saturated heterocycles. The van der Waals surface area contributed by atoms with Crippen LogP contribution in [0.5, 0.6) is 0 Å². The highest BCUT2D eigenvalue weighted by Gasteiger charge is 2.32. The van der Waals surface area contributed by atoms with Crippen molar-refractivity contribution in [3.05, 3.63) is 35.9 Å². The standard InChI is InChI=1S/C16H22N2O3/c1-2-17-15(19)11-18-10-6-9-14(18)16(20)21-12-13-7-4-3-5-8-13/h3-5,7-8,14H,2,6,9-12H2,1H3,(H,17,19). The van der Waals surface area contributed by atoms with Gasteiger partial charge in [-0.05, 0) is 31.9 Å². The number of carbonyl (C=O) groups excluding carboxylic acids is 2. The van der Waals surface area contributed by atoms with E-state index < -0.39 is 0 Å². The third kappa shape index (κ3) is 4.56. The molecular weight excluding hydrogens is 268 g/mol. The number of esters is 1. The fourth-order valence-electron chi connectivity index (χ4n) is 2.54. The third-order valence-corrected chi connectivity index (χ3v) is 3.58. The molecule has 1 aliphatic heterocycles. The van der Waals surface area contributed by atoms with Gasteiger partial charge in [-0.15, -0.1) is 0 Å². The number of likely N-dealkylation sites (tertiary alicyclic amines) is 1. The van der Waals surface area contributed by atoms with Gasteiger partial charge < -0.3 is 10.1 Å². The van der Waals surface area contributed by atoms with Gasteiger partial charge in [0.25, 0.3) is 0 Å². The number of hydrogen-bond acceptors (Lipinski definition) is 4. The van der Waals surface area contributed by atoms with E-state index in [9.17, 15) is 9.59 Å². The molecule has 1 atom stereocenters. The minimum absolute atomic E-state index is 0.0414. The zero-order valence-electron chi connectivity index (χ0n) is 12.4. The summed E-state index contributed by atoms with van der Waals surface area (Å²) in [5.41, 5.74) is 0.971. The van der Waals surface area contributed by atoms with Gasteiger partial charge in [0.1, 0.15) is 12.6 Å². The molecule has 2 rings (SSSR count). The summed E-state index contributed by atoms with van der Waals surface area (Å²) in [6, 6.07) is 9.32. The lowest BCUT2D eigenvalue weighted by Gasteiger charge is -2.22. The van der Waals surface area contributed by atoms with E-state index in [0.717, 1.165) is 24.9 Å². The number of ether oxygens (including phenoxy) is 1. The van der Waals surface area contributed by atoms with E-state index >= 15 is 0 Å². The molecular formula is C16H22N2O3. The molecule has 1 unspecified atom stereocenters. The maximum Gasteiger partial charge on any atom is 0.323 e. The number of hydrogen-bond donors (Lipinski definition) is 1. The van der Waals surface area contributed by atoms with E-state index in [2.05, 4.69) is 5.32 Å². The second kappa shape index (κ2) is 7.78. The Morgan fingerprint density at radius 2 is 2.10 bits per heavy atom. The maximum atomic E-state index is 12.2. The van der Waals surface area contributed by atoms with Crippen LogP contribution < -0.4 is 5.32 Å². The van der Waals surface area contributed by atoms with Crippen molar-refractivity contribution in [2.24, 2.45) is 0 Å². The van der Waals surface area contributed by atoms with Crippen LogP contribution in [0.4, 0.5) is 0 Å². The van der Waals surface area contributed by atoms with E-state index in [1.807, 2.05) is 42.2 Å². The highest BCUT2D eigenvalue weighted by Crippen LogP contribution is 2.18. The van der Waals surface area contributed by atoms with Crippen molar-refractivity contribution in [1.82, 2.24) is 10.2 Å². The summed E-state index contributed by atoms with van der Waals surface area (Å²) in [7, 11) is 0. The molecule has 1 N–H and O–H groups in total. The lowest BCUT2D eigenvalue weighted by Crippen LogP contribution is -2.43. The molecule has 1 heterocycles. The molecule has 1 aliphatic rings. The second-order valence-corrected chi connectivity index (χ2v) is 5.18. The zero-order chi connectivity index (χ0) is 15.1. The lowest BCUT2D eigenvalue weighted by molar-refractivity contribution is -0.150. The van der Waals surface area contributed by atoms with Crippen molar-refractivity contribution in [2.45, 2.75) is 32.4 Å². The summed E-state index contributed by atoms with van der Waals surface area (Å²) in [5, 5.41) is 2.76. The number of carbonyl (C=O) groups is 2. The van der Waals surface area contributed by atoms with Crippen molar-refractivity contribution >= 4 is 11.9 Å².